The summed E-state index contributed by atoms with van der Waals surface area (Å²) in [6.07, 6.45) is 3.86. The van der Waals surface area contributed by atoms with Crippen LogP contribution < -0.4 is 10.6 Å². The molecular weight excluding hydrogens is 246 g/mol. The van der Waals surface area contributed by atoms with E-state index in [0.29, 0.717) is 0 Å². The van der Waals surface area contributed by atoms with Crippen LogP contribution in [0.5, 0.6) is 0 Å². The first-order valence-corrected chi connectivity index (χ1v) is 7.17. The fraction of sp³-hybridized carbons (Fsp3) is 0.353. The van der Waals surface area contributed by atoms with Crippen LogP contribution in [-0.4, -0.2) is 18.6 Å². The van der Waals surface area contributed by atoms with Gasteiger partial charge in [0.25, 0.3) is 0 Å². The summed E-state index contributed by atoms with van der Waals surface area (Å²) >= 11 is 0. The Bertz CT molecular complexity index is 508. The topological polar surface area (TPSA) is 42.1 Å². The number of rotatable bonds is 6. The molecule has 1 heterocycles. The largest absolute Gasteiger partial charge is 0.373 e. The lowest BCUT2D eigenvalue weighted by atomic mass is 10.1. The van der Waals surface area contributed by atoms with Gasteiger partial charge < -0.3 is 10.6 Å². The predicted octanol–water partition coefficient (Wildman–Crippen LogP) is 3.17. The van der Waals surface area contributed by atoms with Crippen molar-refractivity contribution >= 4 is 5.69 Å². The van der Waals surface area contributed by atoms with Crippen molar-refractivity contribution in [3.05, 3.63) is 59.9 Å². The van der Waals surface area contributed by atoms with Crippen molar-refractivity contribution in [2.45, 2.75) is 25.8 Å². The summed E-state index contributed by atoms with van der Waals surface area (Å²) in [5.74, 6) is 0. The van der Waals surface area contributed by atoms with Crippen molar-refractivity contribution in [2.75, 3.05) is 18.5 Å². The molecule has 1 aromatic carbocycles. The summed E-state index contributed by atoms with van der Waals surface area (Å²) in [6.45, 7) is 3.05. The summed E-state index contributed by atoms with van der Waals surface area (Å²) in [6, 6.07) is 14.7. The van der Waals surface area contributed by atoms with Crippen LogP contribution in [0.3, 0.4) is 0 Å². The molecule has 2 rings (SSSR count). The molecule has 0 amide bonds. The van der Waals surface area contributed by atoms with Crippen LogP contribution in [0.2, 0.25) is 0 Å². The highest BCUT2D eigenvalue weighted by atomic mass is 15.1. The van der Waals surface area contributed by atoms with Gasteiger partial charge in [-0.05, 0) is 30.5 Å². The molecule has 1 aromatic heterocycles. The van der Waals surface area contributed by atoms with Crippen LogP contribution in [0.4, 0.5) is 5.69 Å². The summed E-state index contributed by atoms with van der Waals surface area (Å²) in [5, 5.41) is 0. The molecule has 0 radical (unpaired) electrons. The van der Waals surface area contributed by atoms with Crippen LogP contribution in [-0.2, 0) is 6.42 Å². The number of nitrogens with zero attached hydrogens (tertiary/aromatic N) is 2. The van der Waals surface area contributed by atoms with Gasteiger partial charge in [-0.25, -0.2) is 0 Å². The minimum atomic E-state index is 0.0404. The minimum absolute atomic E-state index is 0.0404. The van der Waals surface area contributed by atoms with Gasteiger partial charge >= 0.3 is 0 Å². The average Bonchev–Trinajstić information content (AvgIpc) is 2.53. The third-order valence-corrected chi connectivity index (χ3v) is 3.61. The first-order chi connectivity index (χ1) is 9.70. The Morgan fingerprint density at radius 1 is 1.15 bits per heavy atom. The molecular formula is C17H23N3. The van der Waals surface area contributed by atoms with E-state index in [-0.39, 0.29) is 6.04 Å². The van der Waals surface area contributed by atoms with Crippen LogP contribution in [0.15, 0.2) is 48.7 Å². The van der Waals surface area contributed by atoms with E-state index in [4.69, 9.17) is 5.73 Å². The molecule has 3 nitrogen and oxygen atoms in total. The fourth-order valence-electron chi connectivity index (χ4n) is 2.12. The molecule has 0 aliphatic carbocycles. The number of anilines is 1. The van der Waals surface area contributed by atoms with E-state index in [1.165, 1.54) is 5.56 Å². The monoisotopic (exact) mass is 269 g/mol. The van der Waals surface area contributed by atoms with Crippen LogP contribution >= 0.6 is 0 Å². The first kappa shape index (κ1) is 14.5. The molecule has 0 saturated heterocycles. The quantitative estimate of drug-likeness (QED) is 0.876. The number of nitrogens with two attached hydrogens (primary N) is 1. The number of aromatic nitrogens is 1. The van der Waals surface area contributed by atoms with Crippen molar-refractivity contribution in [1.29, 1.82) is 0 Å². The summed E-state index contributed by atoms with van der Waals surface area (Å²) < 4.78 is 0. The Kier molecular flexibility index (Phi) is 5.13. The van der Waals surface area contributed by atoms with E-state index in [0.717, 1.165) is 30.8 Å². The zero-order chi connectivity index (χ0) is 14.4. The van der Waals surface area contributed by atoms with Gasteiger partial charge in [-0.15, -0.1) is 0 Å². The Morgan fingerprint density at radius 2 is 1.90 bits per heavy atom. The molecule has 106 valence electrons. The van der Waals surface area contributed by atoms with Gasteiger partial charge in [-0.3, -0.25) is 4.98 Å². The van der Waals surface area contributed by atoms with E-state index in [1.807, 2.05) is 18.3 Å². The van der Waals surface area contributed by atoms with Gasteiger partial charge in [-0.1, -0.05) is 37.3 Å². The van der Waals surface area contributed by atoms with Crippen molar-refractivity contribution in [3.63, 3.8) is 0 Å². The molecule has 0 fully saturated rings. The van der Waals surface area contributed by atoms with Gasteiger partial charge in [0.1, 0.15) is 0 Å². The minimum Gasteiger partial charge on any atom is -0.373 e. The molecule has 0 bridgehead atoms. The second-order valence-electron chi connectivity index (χ2n) is 5.11. The Hall–Kier alpha value is -1.87. The maximum absolute atomic E-state index is 5.98. The molecule has 3 heteroatoms. The molecule has 0 aliphatic heterocycles. The van der Waals surface area contributed by atoms with Crippen molar-refractivity contribution in [2.24, 2.45) is 5.73 Å². The van der Waals surface area contributed by atoms with Gasteiger partial charge in [-0.2, -0.15) is 0 Å². The molecule has 0 saturated carbocycles. The number of hydrogen-bond acceptors (Lipinski definition) is 3. The van der Waals surface area contributed by atoms with E-state index < -0.39 is 0 Å². The lowest BCUT2D eigenvalue weighted by molar-refractivity contribution is 0.675. The van der Waals surface area contributed by atoms with E-state index in [2.05, 4.69) is 54.2 Å². The van der Waals surface area contributed by atoms with Crippen molar-refractivity contribution in [1.82, 2.24) is 4.98 Å². The Morgan fingerprint density at radius 3 is 2.50 bits per heavy atom. The predicted molar refractivity (Wildman–Crippen MR) is 84.9 cm³/mol. The van der Waals surface area contributed by atoms with Gasteiger partial charge in [0.05, 0.1) is 17.6 Å². The van der Waals surface area contributed by atoms with Gasteiger partial charge in [0.2, 0.25) is 0 Å². The number of pyridine rings is 1. The molecule has 1 unspecified atom stereocenters. The molecule has 2 aromatic rings. The Labute approximate surface area is 121 Å². The van der Waals surface area contributed by atoms with Gasteiger partial charge in [0.15, 0.2) is 0 Å². The fourth-order valence-corrected chi connectivity index (χ4v) is 2.12. The molecule has 20 heavy (non-hydrogen) atoms. The smallest absolute Gasteiger partial charge is 0.0572 e. The number of hydrogen-bond donors (Lipinski definition) is 1. The van der Waals surface area contributed by atoms with E-state index in [9.17, 15) is 0 Å². The Balaban J connectivity index is 1.94. The SMILES string of the molecule is CCC(N)c1ccc(N(C)CCc2ccccc2)cn1. The van der Waals surface area contributed by atoms with Crippen molar-refractivity contribution in [3.8, 4) is 0 Å². The number of benzene rings is 1. The van der Waals surface area contributed by atoms with Crippen LogP contribution in [0, 0.1) is 0 Å². The highest BCUT2D eigenvalue weighted by molar-refractivity contribution is 5.44. The third-order valence-electron chi connectivity index (χ3n) is 3.61. The molecule has 0 aliphatic rings. The average molecular weight is 269 g/mol. The normalized spacial score (nSPS) is 12.2. The molecule has 0 spiro atoms. The van der Waals surface area contributed by atoms with Crippen molar-refractivity contribution < 1.29 is 0 Å². The summed E-state index contributed by atoms with van der Waals surface area (Å²) in [4.78, 5) is 6.68. The maximum Gasteiger partial charge on any atom is 0.0572 e. The summed E-state index contributed by atoms with van der Waals surface area (Å²) in [7, 11) is 2.10. The lowest BCUT2D eigenvalue weighted by Gasteiger charge is -2.19. The van der Waals surface area contributed by atoms with Crippen LogP contribution in [0.1, 0.15) is 30.6 Å². The number of likely N-dealkylation sites (N-methyl/N-ethyl adjacent to an activating group) is 1. The zero-order valence-corrected chi connectivity index (χ0v) is 12.3. The highest BCUT2D eigenvalue weighted by Crippen LogP contribution is 2.16. The summed E-state index contributed by atoms with van der Waals surface area (Å²) in [5.41, 5.74) is 9.44. The first-order valence-electron chi connectivity index (χ1n) is 7.17. The maximum atomic E-state index is 5.98. The lowest BCUT2D eigenvalue weighted by Crippen LogP contribution is -2.20. The van der Waals surface area contributed by atoms with Gasteiger partial charge in [0, 0.05) is 19.6 Å². The molecule has 2 N–H and O–H groups in total. The highest BCUT2D eigenvalue weighted by Gasteiger charge is 2.06. The van der Waals surface area contributed by atoms with E-state index in [1.54, 1.807) is 0 Å². The standard InChI is InChI=1S/C17H23N3/c1-3-16(18)17-10-9-15(13-19-17)20(2)12-11-14-7-5-4-6-8-14/h4-10,13,16H,3,11-12,18H2,1-2H3. The zero-order valence-electron chi connectivity index (χ0n) is 12.3. The van der Waals surface area contributed by atoms with Crippen LogP contribution in [0.25, 0.3) is 0 Å². The second kappa shape index (κ2) is 7.06. The third kappa shape index (κ3) is 3.81. The molecule has 1 atom stereocenters. The van der Waals surface area contributed by atoms with E-state index >= 15 is 0 Å². The second-order valence-corrected chi connectivity index (χ2v) is 5.11.